The highest BCUT2D eigenvalue weighted by atomic mass is 16.6. The molecule has 1 unspecified atom stereocenters. The molecular weight excluding hydrogens is 669 g/mol. The molecule has 0 fully saturated rings. The summed E-state index contributed by atoms with van der Waals surface area (Å²) in [5.41, 5.74) is 0. The topological polar surface area (TPSA) is 61.8 Å². The first-order valence-corrected chi connectivity index (χ1v) is 23.2. The van der Waals surface area contributed by atoms with E-state index in [0.717, 1.165) is 77.0 Å². The molecule has 1 atom stereocenters. The maximum Gasteiger partial charge on any atom is 0.306 e. The van der Waals surface area contributed by atoms with E-state index in [2.05, 4.69) is 69.4 Å². The van der Waals surface area contributed by atoms with Gasteiger partial charge < -0.3 is 14.2 Å². The number of carbonyl (C=O) groups excluding carboxylic acids is 2. The molecule has 0 bridgehead atoms. The molecule has 0 aromatic rings. The lowest BCUT2D eigenvalue weighted by molar-refractivity contribution is -0.163. The third-order valence-electron chi connectivity index (χ3n) is 9.85. The normalized spacial score (nSPS) is 12.6. The van der Waals surface area contributed by atoms with Crippen LogP contribution in [0.3, 0.4) is 0 Å². The van der Waals surface area contributed by atoms with Crippen molar-refractivity contribution in [3.05, 3.63) is 48.6 Å². The first kappa shape index (κ1) is 51.9. The van der Waals surface area contributed by atoms with Crippen LogP contribution in [0.25, 0.3) is 0 Å². The van der Waals surface area contributed by atoms with Gasteiger partial charge in [0.15, 0.2) is 6.10 Å². The van der Waals surface area contributed by atoms with Crippen molar-refractivity contribution < 1.29 is 23.8 Å². The van der Waals surface area contributed by atoms with E-state index in [1.807, 2.05) is 0 Å². The van der Waals surface area contributed by atoms with E-state index in [0.29, 0.717) is 19.4 Å². The third-order valence-corrected chi connectivity index (χ3v) is 9.85. The fourth-order valence-corrected chi connectivity index (χ4v) is 6.40. The zero-order valence-electron chi connectivity index (χ0n) is 36.0. The highest BCUT2D eigenvalue weighted by Gasteiger charge is 2.17. The Hall–Kier alpha value is -2.14. The molecule has 5 nitrogen and oxygen atoms in total. The van der Waals surface area contributed by atoms with E-state index < -0.39 is 6.10 Å². The average molecular weight is 757 g/mol. The number of carbonyl (C=O) groups is 2. The molecule has 5 heteroatoms. The largest absolute Gasteiger partial charge is 0.462 e. The third kappa shape index (κ3) is 42.6. The number of hydrogen-bond donors (Lipinski definition) is 0. The lowest BCUT2D eigenvalue weighted by Crippen LogP contribution is -2.30. The number of rotatable bonds is 42. The maximum atomic E-state index is 12.5. The van der Waals surface area contributed by atoms with Crippen LogP contribution >= 0.6 is 0 Å². The van der Waals surface area contributed by atoms with Crippen LogP contribution in [0.15, 0.2) is 48.6 Å². The van der Waals surface area contributed by atoms with Gasteiger partial charge in [0.05, 0.1) is 6.61 Å². The van der Waals surface area contributed by atoms with E-state index in [-0.39, 0.29) is 25.2 Å². The van der Waals surface area contributed by atoms with Gasteiger partial charge in [-0.05, 0) is 77.0 Å². The van der Waals surface area contributed by atoms with Crippen LogP contribution < -0.4 is 0 Å². The molecule has 0 radical (unpaired) electrons. The lowest BCUT2D eigenvalue weighted by Gasteiger charge is -2.18. The monoisotopic (exact) mass is 757 g/mol. The molecule has 0 aliphatic heterocycles. The Morgan fingerprint density at radius 3 is 1.37 bits per heavy atom. The van der Waals surface area contributed by atoms with Gasteiger partial charge in [-0.15, -0.1) is 0 Å². The van der Waals surface area contributed by atoms with Crippen molar-refractivity contribution in [2.45, 2.75) is 232 Å². The summed E-state index contributed by atoms with van der Waals surface area (Å²) in [5, 5.41) is 0. The van der Waals surface area contributed by atoms with Crippen molar-refractivity contribution >= 4 is 11.9 Å². The Balaban J connectivity index is 4.03. The zero-order valence-corrected chi connectivity index (χ0v) is 36.0. The van der Waals surface area contributed by atoms with Crippen LogP contribution in [0, 0.1) is 0 Å². The minimum Gasteiger partial charge on any atom is -0.462 e. The molecule has 0 rings (SSSR count). The van der Waals surface area contributed by atoms with E-state index in [1.165, 1.54) is 116 Å². The summed E-state index contributed by atoms with van der Waals surface area (Å²) in [5.74, 6) is -0.441. The minimum absolute atomic E-state index is 0.0703. The fraction of sp³-hybridized carbons (Fsp3) is 0.796. The second-order valence-electron chi connectivity index (χ2n) is 15.3. The Morgan fingerprint density at radius 1 is 0.426 bits per heavy atom. The van der Waals surface area contributed by atoms with Gasteiger partial charge in [-0.2, -0.15) is 0 Å². The Labute approximate surface area is 335 Å². The van der Waals surface area contributed by atoms with Crippen molar-refractivity contribution in [1.29, 1.82) is 0 Å². The second-order valence-corrected chi connectivity index (χ2v) is 15.3. The molecule has 0 spiro atoms. The molecule has 314 valence electrons. The Morgan fingerprint density at radius 2 is 0.833 bits per heavy atom. The highest BCUT2D eigenvalue weighted by Crippen LogP contribution is 2.14. The first-order chi connectivity index (χ1) is 26.6. The predicted octanol–water partition coefficient (Wildman–Crippen LogP) is 15.2. The van der Waals surface area contributed by atoms with E-state index in [1.54, 1.807) is 0 Å². The molecule has 0 saturated heterocycles. The van der Waals surface area contributed by atoms with Crippen LogP contribution in [-0.4, -0.2) is 37.9 Å². The second kappa shape index (κ2) is 45.3. The van der Waals surface area contributed by atoms with E-state index in [9.17, 15) is 9.59 Å². The van der Waals surface area contributed by atoms with Crippen LogP contribution in [-0.2, 0) is 23.8 Å². The van der Waals surface area contributed by atoms with Crippen molar-refractivity contribution in [3.8, 4) is 0 Å². The molecule has 0 aliphatic rings. The fourth-order valence-electron chi connectivity index (χ4n) is 6.40. The summed E-state index contributed by atoms with van der Waals surface area (Å²) in [7, 11) is 0. The van der Waals surface area contributed by atoms with Crippen molar-refractivity contribution in [1.82, 2.24) is 0 Å². The van der Waals surface area contributed by atoms with Crippen molar-refractivity contribution in [3.63, 3.8) is 0 Å². The number of ether oxygens (including phenoxy) is 3. The Kier molecular flexibility index (Phi) is 43.5. The van der Waals surface area contributed by atoms with Crippen molar-refractivity contribution in [2.24, 2.45) is 0 Å². The predicted molar refractivity (Wildman–Crippen MR) is 233 cm³/mol. The molecule has 0 saturated carbocycles. The first-order valence-electron chi connectivity index (χ1n) is 23.2. The minimum atomic E-state index is -0.542. The SMILES string of the molecule is CC/C=C\C/C=C\C/C=C\CCCCCC(=O)OCC(COCCCCCCCCCCCC/C=C\CCCCCCCC)OC(=O)CCCCCCC. The summed E-state index contributed by atoms with van der Waals surface area (Å²) in [4.78, 5) is 25.0. The molecule has 0 amide bonds. The van der Waals surface area contributed by atoms with Gasteiger partial charge in [0.25, 0.3) is 0 Å². The van der Waals surface area contributed by atoms with Crippen LogP contribution in [0.5, 0.6) is 0 Å². The van der Waals surface area contributed by atoms with Crippen molar-refractivity contribution in [2.75, 3.05) is 19.8 Å². The Bertz CT molecular complexity index is 904. The quantitative estimate of drug-likeness (QED) is 0.0353. The summed E-state index contributed by atoms with van der Waals surface area (Å²) < 4.78 is 17.2. The molecule has 0 aromatic carbocycles. The van der Waals surface area contributed by atoms with Gasteiger partial charge in [-0.25, -0.2) is 0 Å². The smallest absolute Gasteiger partial charge is 0.306 e. The van der Waals surface area contributed by atoms with Crippen LogP contribution in [0.1, 0.15) is 226 Å². The molecule has 0 N–H and O–H groups in total. The summed E-state index contributed by atoms with van der Waals surface area (Å²) in [6.45, 7) is 7.61. The number of hydrogen-bond acceptors (Lipinski definition) is 5. The lowest BCUT2D eigenvalue weighted by atomic mass is 10.1. The van der Waals surface area contributed by atoms with Gasteiger partial charge in [-0.1, -0.05) is 185 Å². The van der Waals surface area contributed by atoms with E-state index in [4.69, 9.17) is 14.2 Å². The summed E-state index contributed by atoms with van der Waals surface area (Å²) >= 11 is 0. The van der Waals surface area contributed by atoms with Gasteiger partial charge in [0, 0.05) is 19.4 Å². The van der Waals surface area contributed by atoms with Gasteiger partial charge in [0.2, 0.25) is 0 Å². The van der Waals surface area contributed by atoms with Gasteiger partial charge in [0.1, 0.15) is 6.61 Å². The van der Waals surface area contributed by atoms with Gasteiger partial charge in [-0.3, -0.25) is 9.59 Å². The van der Waals surface area contributed by atoms with Crippen LogP contribution in [0.2, 0.25) is 0 Å². The molecular formula is C49H88O5. The average Bonchev–Trinajstić information content (AvgIpc) is 3.17. The standard InChI is InChI=1S/C49H88O5/c1-4-7-10-13-15-17-19-21-22-23-24-25-26-27-29-31-33-35-38-41-44-52-45-47(54-49(51)43-40-36-12-9-6-3)46-53-48(50)42-39-37-34-32-30-28-20-18-16-14-11-8-5-2/h8,11,16,18,21-22,28,30,47H,4-7,9-10,12-15,17,19-20,23-27,29,31-46H2,1-3H3/b11-8-,18-16-,22-21-,30-28-. The summed E-state index contributed by atoms with van der Waals surface area (Å²) in [6.07, 6.45) is 54.3. The summed E-state index contributed by atoms with van der Waals surface area (Å²) in [6, 6.07) is 0. The number of esters is 2. The van der Waals surface area contributed by atoms with Crippen LogP contribution in [0.4, 0.5) is 0 Å². The number of allylic oxidation sites excluding steroid dienone is 8. The maximum absolute atomic E-state index is 12.5. The van der Waals surface area contributed by atoms with Gasteiger partial charge >= 0.3 is 11.9 Å². The highest BCUT2D eigenvalue weighted by molar-refractivity contribution is 5.70. The van der Waals surface area contributed by atoms with E-state index >= 15 is 0 Å². The molecule has 0 aromatic heterocycles. The molecule has 0 aliphatic carbocycles. The molecule has 54 heavy (non-hydrogen) atoms. The molecule has 0 heterocycles. The zero-order chi connectivity index (χ0) is 39.3. The number of unbranched alkanes of at least 4 members (excludes halogenated alkanes) is 23.